The van der Waals surface area contributed by atoms with Crippen molar-refractivity contribution in [3.8, 4) is 11.3 Å². The third-order valence-electron chi connectivity index (χ3n) is 8.55. The van der Waals surface area contributed by atoms with E-state index in [0.29, 0.717) is 48.9 Å². The number of piperazine rings is 1. The number of rotatable bonds is 8. The van der Waals surface area contributed by atoms with Crippen LogP contribution in [0, 0.1) is 6.92 Å². The smallest absolute Gasteiger partial charge is 0.279 e. The first kappa shape index (κ1) is 30.4. The number of nitrogens with zero attached hydrogens (tertiary/aromatic N) is 8. The third kappa shape index (κ3) is 6.74. The van der Waals surface area contributed by atoms with E-state index in [2.05, 4.69) is 46.2 Å². The van der Waals surface area contributed by atoms with Crippen LogP contribution in [0.1, 0.15) is 18.0 Å². The van der Waals surface area contributed by atoms with Crippen molar-refractivity contribution in [3.05, 3.63) is 82.8 Å². The van der Waals surface area contributed by atoms with Crippen LogP contribution >= 0.6 is 0 Å². The molecule has 11 nitrogen and oxygen atoms in total. The predicted molar refractivity (Wildman–Crippen MR) is 179 cm³/mol. The largest absolute Gasteiger partial charge is 0.369 e. The highest BCUT2D eigenvalue weighted by Gasteiger charge is 2.30. The molecule has 0 bridgehead atoms. The first-order chi connectivity index (χ1) is 21.8. The SMILES string of the molecule is Cc1cc(Nc2ncc3nc(-c4ccccc4)c(=O)n([C@H]4CCN(C(=O)/C=C/CN(C)C)C4)c3n2)ccc1N1CCN(C)CC1. The number of nitrogens with one attached hydrogen (secondary N) is 1. The minimum atomic E-state index is -0.246. The van der Waals surface area contributed by atoms with Crippen LogP contribution < -0.4 is 15.8 Å². The van der Waals surface area contributed by atoms with Gasteiger partial charge in [0.15, 0.2) is 5.65 Å². The second-order valence-electron chi connectivity index (χ2n) is 12.2. The number of likely N-dealkylation sites (tertiary alicyclic amines) is 1. The van der Waals surface area contributed by atoms with Crippen LogP contribution in [0.2, 0.25) is 0 Å². The fourth-order valence-corrected chi connectivity index (χ4v) is 6.07. The van der Waals surface area contributed by atoms with Gasteiger partial charge in [-0.2, -0.15) is 4.98 Å². The van der Waals surface area contributed by atoms with Crippen molar-refractivity contribution in [1.82, 2.24) is 34.2 Å². The van der Waals surface area contributed by atoms with Crippen molar-refractivity contribution < 1.29 is 4.79 Å². The van der Waals surface area contributed by atoms with Crippen molar-refractivity contribution in [2.24, 2.45) is 0 Å². The van der Waals surface area contributed by atoms with Crippen LogP contribution in [0.15, 0.2) is 71.7 Å². The van der Waals surface area contributed by atoms with Crippen molar-refractivity contribution in [2.75, 3.05) is 77.2 Å². The molecule has 1 amide bonds. The lowest BCUT2D eigenvalue weighted by Crippen LogP contribution is -2.44. The average Bonchev–Trinajstić information content (AvgIpc) is 3.52. The number of benzene rings is 2. The van der Waals surface area contributed by atoms with E-state index in [1.54, 1.807) is 21.7 Å². The minimum absolute atomic E-state index is 0.0542. The van der Waals surface area contributed by atoms with Gasteiger partial charge in [-0.3, -0.25) is 14.2 Å². The van der Waals surface area contributed by atoms with Crippen LogP contribution in [0.5, 0.6) is 0 Å². The molecule has 234 valence electrons. The van der Waals surface area contributed by atoms with Gasteiger partial charge in [0.2, 0.25) is 11.9 Å². The Balaban J connectivity index is 1.32. The molecule has 45 heavy (non-hydrogen) atoms. The summed E-state index contributed by atoms with van der Waals surface area (Å²) in [6.45, 7) is 7.88. The summed E-state index contributed by atoms with van der Waals surface area (Å²) >= 11 is 0. The van der Waals surface area contributed by atoms with E-state index < -0.39 is 0 Å². The molecule has 0 spiro atoms. The zero-order chi connectivity index (χ0) is 31.5. The van der Waals surface area contributed by atoms with Crippen molar-refractivity contribution in [1.29, 1.82) is 0 Å². The van der Waals surface area contributed by atoms with E-state index in [0.717, 1.165) is 37.4 Å². The number of likely N-dealkylation sites (N-methyl/N-ethyl adjacent to an activating group) is 2. The van der Waals surface area contributed by atoms with E-state index >= 15 is 0 Å². The van der Waals surface area contributed by atoms with Gasteiger partial charge in [0.25, 0.3) is 5.56 Å². The summed E-state index contributed by atoms with van der Waals surface area (Å²) in [7, 11) is 6.08. The summed E-state index contributed by atoms with van der Waals surface area (Å²) in [5.74, 6) is 0.329. The molecule has 6 rings (SSSR count). The zero-order valence-corrected chi connectivity index (χ0v) is 26.5. The molecular weight excluding hydrogens is 566 g/mol. The molecule has 11 heteroatoms. The van der Waals surface area contributed by atoms with Crippen LogP contribution in [0.4, 0.5) is 17.3 Å². The molecule has 1 atom stereocenters. The summed E-state index contributed by atoms with van der Waals surface area (Å²) < 4.78 is 1.72. The molecule has 0 unspecified atom stereocenters. The van der Waals surface area contributed by atoms with Crippen LogP contribution in [-0.2, 0) is 4.79 Å². The first-order valence-electron chi connectivity index (χ1n) is 15.5. The fourth-order valence-electron chi connectivity index (χ4n) is 6.07. The Kier molecular flexibility index (Phi) is 8.90. The quantitative estimate of drug-likeness (QED) is 0.301. The number of aryl methyl sites for hydroxylation is 1. The summed E-state index contributed by atoms with van der Waals surface area (Å²) in [6, 6.07) is 15.5. The lowest BCUT2D eigenvalue weighted by molar-refractivity contribution is -0.125. The number of carbonyl (C=O) groups is 1. The van der Waals surface area contributed by atoms with Gasteiger partial charge in [0, 0.05) is 68.8 Å². The van der Waals surface area contributed by atoms with Gasteiger partial charge in [-0.25, -0.2) is 9.97 Å². The molecule has 2 fully saturated rings. The molecule has 2 aromatic heterocycles. The number of hydrogen-bond acceptors (Lipinski definition) is 9. The van der Waals surface area contributed by atoms with Gasteiger partial charge in [-0.15, -0.1) is 0 Å². The van der Waals surface area contributed by atoms with E-state index in [1.165, 1.54) is 11.3 Å². The number of aromatic nitrogens is 4. The highest BCUT2D eigenvalue weighted by atomic mass is 16.2. The van der Waals surface area contributed by atoms with Crippen LogP contribution in [-0.4, -0.2) is 107 Å². The fraction of sp³-hybridized carbons (Fsp3) is 0.382. The van der Waals surface area contributed by atoms with Crippen LogP contribution in [0.3, 0.4) is 0 Å². The molecule has 2 aliphatic heterocycles. The highest BCUT2D eigenvalue weighted by molar-refractivity contribution is 5.88. The Labute approximate surface area is 263 Å². The van der Waals surface area contributed by atoms with E-state index in [9.17, 15) is 9.59 Å². The van der Waals surface area contributed by atoms with Gasteiger partial charge < -0.3 is 24.9 Å². The summed E-state index contributed by atoms with van der Waals surface area (Å²) in [4.78, 5) is 49.8. The maximum absolute atomic E-state index is 14.1. The van der Waals surface area contributed by atoms with Crippen molar-refractivity contribution in [3.63, 3.8) is 0 Å². The Morgan fingerprint density at radius 1 is 1.04 bits per heavy atom. The number of carbonyl (C=O) groups excluding carboxylic acids is 1. The maximum atomic E-state index is 14.1. The lowest BCUT2D eigenvalue weighted by Gasteiger charge is -2.35. The number of fused-ring (bicyclic) bond motifs is 1. The zero-order valence-electron chi connectivity index (χ0n) is 26.5. The third-order valence-corrected chi connectivity index (χ3v) is 8.55. The van der Waals surface area contributed by atoms with Crippen LogP contribution in [0.25, 0.3) is 22.4 Å². The molecule has 0 radical (unpaired) electrons. The number of amides is 1. The Bertz CT molecular complexity index is 1760. The van der Waals surface area contributed by atoms with Gasteiger partial charge >= 0.3 is 0 Å². The Morgan fingerprint density at radius 3 is 2.56 bits per heavy atom. The van der Waals surface area contributed by atoms with Crippen molar-refractivity contribution in [2.45, 2.75) is 19.4 Å². The average molecular weight is 608 g/mol. The molecule has 0 aliphatic carbocycles. The molecule has 2 aromatic carbocycles. The Hall–Kier alpha value is -4.61. The van der Waals surface area contributed by atoms with Gasteiger partial charge in [-0.05, 0) is 58.3 Å². The molecule has 2 saturated heterocycles. The minimum Gasteiger partial charge on any atom is -0.369 e. The Morgan fingerprint density at radius 2 is 1.82 bits per heavy atom. The molecule has 4 heterocycles. The molecule has 2 aliphatic rings. The van der Waals surface area contributed by atoms with E-state index in [-0.39, 0.29) is 17.5 Å². The summed E-state index contributed by atoms with van der Waals surface area (Å²) in [5.41, 5.74) is 5.10. The lowest BCUT2D eigenvalue weighted by atomic mass is 10.1. The maximum Gasteiger partial charge on any atom is 0.279 e. The summed E-state index contributed by atoms with van der Waals surface area (Å²) in [5, 5.41) is 3.35. The van der Waals surface area contributed by atoms with E-state index in [4.69, 9.17) is 9.97 Å². The normalized spacial score (nSPS) is 17.6. The summed E-state index contributed by atoms with van der Waals surface area (Å²) in [6.07, 6.45) is 5.79. The second-order valence-corrected chi connectivity index (χ2v) is 12.2. The van der Waals surface area contributed by atoms with Gasteiger partial charge in [-0.1, -0.05) is 36.4 Å². The number of anilines is 3. The molecule has 1 N–H and O–H groups in total. The van der Waals surface area contributed by atoms with E-state index in [1.807, 2.05) is 61.5 Å². The standard InChI is InChI=1S/C34H41N9O2/c1-24-21-26(12-13-29(24)41-19-17-40(4)18-20-41)36-34-35-22-28-32(38-34)43(33(45)31(37-28)25-9-6-5-7-10-25)27-14-16-42(23-27)30(44)11-8-15-39(2)3/h5-13,21-22,27H,14-20,23H2,1-4H3,(H,35,36,38)/b11-8+/t27-/m0/s1. The highest BCUT2D eigenvalue weighted by Crippen LogP contribution is 2.28. The second kappa shape index (κ2) is 13.2. The van der Waals surface area contributed by atoms with Gasteiger partial charge in [0.05, 0.1) is 12.2 Å². The first-order valence-corrected chi connectivity index (χ1v) is 15.5. The monoisotopic (exact) mass is 607 g/mol. The predicted octanol–water partition coefficient (Wildman–Crippen LogP) is 3.55. The molecule has 0 saturated carbocycles. The number of hydrogen-bond donors (Lipinski definition) is 1. The molecular formula is C34H41N9O2. The van der Waals surface area contributed by atoms with Crippen molar-refractivity contribution >= 4 is 34.4 Å². The topological polar surface area (TPSA) is 103 Å². The molecule has 4 aromatic rings. The van der Waals surface area contributed by atoms with Gasteiger partial charge in [0.1, 0.15) is 11.2 Å².